The molecule has 2 aromatic rings. The largest absolute Gasteiger partial charge is 0.416 e. The van der Waals surface area contributed by atoms with E-state index in [0.717, 1.165) is 6.07 Å². The lowest BCUT2D eigenvalue weighted by Gasteiger charge is -2.13. The molecule has 2 rings (SSSR count). The molecule has 0 atom stereocenters. The number of nitrogens with zero attached hydrogens (tertiary/aromatic N) is 1. The molecular formula is C13H9F3N2. The molecule has 0 saturated carbocycles. The zero-order valence-corrected chi connectivity index (χ0v) is 9.47. The van der Waals surface area contributed by atoms with Gasteiger partial charge >= 0.3 is 6.18 Å². The molecule has 2 nitrogen and oxygen atoms in total. The zero-order valence-electron chi connectivity index (χ0n) is 9.47. The molecule has 18 heavy (non-hydrogen) atoms. The number of nitriles is 1. The summed E-state index contributed by atoms with van der Waals surface area (Å²) in [6.07, 6.45) is -1.39. The van der Waals surface area contributed by atoms with Crippen molar-refractivity contribution in [3.8, 4) is 17.2 Å². The van der Waals surface area contributed by atoms with Gasteiger partial charge in [0.1, 0.15) is 6.07 Å². The Morgan fingerprint density at radius 1 is 1.17 bits per heavy atom. The van der Waals surface area contributed by atoms with Crippen LogP contribution in [-0.2, 0) is 6.18 Å². The molecule has 0 spiro atoms. The molecule has 5 heteroatoms. The number of hydrogen-bond acceptors (Lipinski definition) is 1. The minimum Gasteiger partial charge on any atom is -0.366 e. The Kier molecular flexibility index (Phi) is 2.87. The molecule has 0 fully saturated rings. The van der Waals surface area contributed by atoms with Crippen LogP contribution in [0.5, 0.6) is 0 Å². The van der Waals surface area contributed by atoms with Crippen molar-refractivity contribution >= 4 is 0 Å². The Labute approximate surface area is 102 Å². The van der Waals surface area contributed by atoms with E-state index in [1.165, 1.54) is 25.4 Å². The van der Waals surface area contributed by atoms with Crippen LogP contribution in [0, 0.1) is 18.3 Å². The lowest BCUT2D eigenvalue weighted by Crippen LogP contribution is -2.08. The summed E-state index contributed by atoms with van der Waals surface area (Å²) in [7, 11) is 0. The van der Waals surface area contributed by atoms with Gasteiger partial charge < -0.3 is 4.98 Å². The van der Waals surface area contributed by atoms with E-state index in [9.17, 15) is 13.2 Å². The second-order valence-electron chi connectivity index (χ2n) is 3.87. The minimum absolute atomic E-state index is 0.126. The highest BCUT2D eigenvalue weighted by Crippen LogP contribution is 2.36. The molecule has 0 unspecified atom stereocenters. The van der Waals surface area contributed by atoms with Gasteiger partial charge in [0.25, 0.3) is 0 Å². The molecule has 1 heterocycles. The zero-order chi connectivity index (χ0) is 13.3. The fourth-order valence-corrected chi connectivity index (χ4v) is 1.91. The Hall–Kier alpha value is -2.22. The number of rotatable bonds is 1. The van der Waals surface area contributed by atoms with Gasteiger partial charge in [0.05, 0.1) is 11.1 Å². The van der Waals surface area contributed by atoms with E-state index in [0.29, 0.717) is 16.7 Å². The summed E-state index contributed by atoms with van der Waals surface area (Å²) in [4.78, 5) is 2.73. The number of aromatic amines is 1. The van der Waals surface area contributed by atoms with E-state index in [-0.39, 0.29) is 5.56 Å². The number of aromatic nitrogens is 1. The first-order chi connectivity index (χ1) is 8.45. The van der Waals surface area contributed by atoms with Crippen LogP contribution in [0.2, 0.25) is 0 Å². The van der Waals surface area contributed by atoms with Gasteiger partial charge in [-0.15, -0.1) is 0 Å². The SMILES string of the molecule is Cc1c(-c2c[nH]cc2C#N)cccc1C(F)(F)F. The third-order valence-corrected chi connectivity index (χ3v) is 2.80. The molecule has 0 radical (unpaired) electrons. The molecule has 0 saturated heterocycles. The van der Waals surface area contributed by atoms with Gasteiger partial charge in [0.15, 0.2) is 0 Å². The van der Waals surface area contributed by atoms with Crippen LogP contribution in [0.3, 0.4) is 0 Å². The molecular weight excluding hydrogens is 241 g/mol. The van der Waals surface area contributed by atoms with Crippen LogP contribution < -0.4 is 0 Å². The smallest absolute Gasteiger partial charge is 0.366 e. The van der Waals surface area contributed by atoms with Crippen LogP contribution in [0.4, 0.5) is 13.2 Å². The first-order valence-corrected chi connectivity index (χ1v) is 5.19. The predicted molar refractivity (Wildman–Crippen MR) is 60.7 cm³/mol. The highest BCUT2D eigenvalue weighted by atomic mass is 19.4. The number of benzene rings is 1. The Balaban J connectivity index is 2.65. The van der Waals surface area contributed by atoms with Gasteiger partial charge in [0.2, 0.25) is 0 Å². The van der Waals surface area contributed by atoms with Crippen molar-refractivity contribution in [3.63, 3.8) is 0 Å². The first-order valence-electron chi connectivity index (χ1n) is 5.19. The van der Waals surface area contributed by atoms with Gasteiger partial charge in [-0.25, -0.2) is 0 Å². The number of hydrogen-bond donors (Lipinski definition) is 1. The van der Waals surface area contributed by atoms with Crippen molar-refractivity contribution in [2.24, 2.45) is 0 Å². The van der Waals surface area contributed by atoms with Crippen LogP contribution in [0.15, 0.2) is 30.6 Å². The van der Waals surface area contributed by atoms with Crippen molar-refractivity contribution in [3.05, 3.63) is 47.3 Å². The Bertz CT molecular complexity index is 618. The highest BCUT2D eigenvalue weighted by Gasteiger charge is 2.33. The standard InChI is InChI=1S/C13H9F3N2/c1-8-10(11-7-18-6-9(11)5-17)3-2-4-12(8)13(14,15)16/h2-4,6-7,18H,1H3. The van der Waals surface area contributed by atoms with E-state index in [2.05, 4.69) is 4.98 Å². The molecule has 0 aliphatic heterocycles. The second-order valence-corrected chi connectivity index (χ2v) is 3.87. The van der Waals surface area contributed by atoms with E-state index in [1.54, 1.807) is 6.07 Å². The predicted octanol–water partition coefficient (Wildman–Crippen LogP) is 3.88. The van der Waals surface area contributed by atoms with Crippen LogP contribution in [0.25, 0.3) is 11.1 Å². The normalized spacial score (nSPS) is 11.3. The molecule has 0 aliphatic rings. The monoisotopic (exact) mass is 250 g/mol. The molecule has 0 bridgehead atoms. The van der Waals surface area contributed by atoms with Crippen LogP contribution >= 0.6 is 0 Å². The summed E-state index contributed by atoms with van der Waals surface area (Å²) in [5.74, 6) is 0. The summed E-state index contributed by atoms with van der Waals surface area (Å²) in [6.45, 7) is 1.41. The lowest BCUT2D eigenvalue weighted by atomic mass is 9.96. The topological polar surface area (TPSA) is 39.6 Å². The van der Waals surface area contributed by atoms with Crippen LogP contribution in [-0.4, -0.2) is 4.98 Å². The third-order valence-electron chi connectivity index (χ3n) is 2.80. The Morgan fingerprint density at radius 3 is 2.50 bits per heavy atom. The molecule has 1 aromatic carbocycles. The Morgan fingerprint density at radius 2 is 1.89 bits per heavy atom. The third kappa shape index (κ3) is 1.97. The fourth-order valence-electron chi connectivity index (χ4n) is 1.91. The minimum atomic E-state index is -4.39. The van der Waals surface area contributed by atoms with Gasteiger partial charge in [-0.1, -0.05) is 12.1 Å². The lowest BCUT2D eigenvalue weighted by molar-refractivity contribution is -0.138. The molecule has 1 aromatic heterocycles. The number of H-pyrrole nitrogens is 1. The van der Waals surface area contributed by atoms with Crippen molar-refractivity contribution in [1.29, 1.82) is 5.26 Å². The van der Waals surface area contributed by atoms with Crippen LogP contribution in [0.1, 0.15) is 16.7 Å². The fraction of sp³-hybridized carbons (Fsp3) is 0.154. The second kappa shape index (κ2) is 4.22. The average molecular weight is 250 g/mol. The van der Waals surface area contributed by atoms with Gasteiger partial charge in [-0.2, -0.15) is 18.4 Å². The summed E-state index contributed by atoms with van der Waals surface area (Å²) >= 11 is 0. The van der Waals surface area contributed by atoms with Crippen molar-refractivity contribution < 1.29 is 13.2 Å². The van der Waals surface area contributed by atoms with Gasteiger partial charge in [-0.3, -0.25) is 0 Å². The summed E-state index contributed by atoms with van der Waals surface area (Å²) < 4.78 is 38.3. The van der Waals surface area contributed by atoms with E-state index < -0.39 is 11.7 Å². The van der Waals surface area contributed by atoms with E-state index >= 15 is 0 Å². The maximum atomic E-state index is 12.8. The van der Waals surface area contributed by atoms with Crippen molar-refractivity contribution in [2.75, 3.05) is 0 Å². The summed E-state index contributed by atoms with van der Waals surface area (Å²) in [6, 6.07) is 5.91. The maximum absolute atomic E-state index is 12.8. The van der Waals surface area contributed by atoms with Gasteiger partial charge in [-0.05, 0) is 24.1 Å². The molecule has 1 N–H and O–H groups in total. The number of alkyl halides is 3. The summed E-state index contributed by atoms with van der Waals surface area (Å²) in [5, 5.41) is 8.90. The average Bonchev–Trinajstić information content (AvgIpc) is 2.75. The van der Waals surface area contributed by atoms with E-state index in [4.69, 9.17) is 5.26 Å². The first kappa shape index (κ1) is 12.2. The molecule has 92 valence electrons. The number of nitrogens with one attached hydrogen (secondary N) is 1. The maximum Gasteiger partial charge on any atom is 0.416 e. The summed E-state index contributed by atoms with van der Waals surface area (Å²) in [5.41, 5.74) is 0.687. The highest BCUT2D eigenvalue weighted by molar-refractivity contribution is 5.73. The quantitative estimate of drug-likeness (QED) is 0.819. The van der Waals surface area contributed by atoms with Crippen molar-refractivity contribution in [2.45, 2.75) is 13.1 Å². The van der Waals surface area contributed by atoms with Gasteiger partial charge in [0, 0.05) is 18.0 Å². The van der Waals surface area contributed by atoms with E-state index in [1.807, 2.05) is 6.07 Å². The molecule has 0 aliphatic carbocycles. The molecule has 0 amide bonds. The van der Waals surface area contributed by atoms with Crippen molar-refractivity contribution in [1.82, 2.24) is 4.98 Å². The number of halogens is 3.